The van der Waals surface area contributed by atoms with E-state index in [0.29, 0.717) is 0 Å². The molecule has 0 bridgehead atoms. The molecule has 1 aromatic carbocycles. The Morgan fingerprint density at radius 3 is 1.81 bits per heavy atom. The van der Waals surface area contributed by atoms with Crippen LogP contribution >= 0.6 is 8.22 Å². The van der Waals surface area contributed by atoms with E-state index in [4.69, 9.17) is 0 Å². The molecule has 2 heterocycles. The lowest BCUT2D eigenvalue weighted by molar-refractivity contribution is 0.795. The molecule has 0 saturated carbocycles. The fourth-order valence-corrected chi connectivity index (χ4v) is 4.47. The van der Waals surface area contributed by atoms with Gasteiger partial charge in [-0.2, -0.15) is 0 Å². The summed E-state index contributed by atoms with van der Waals surface area (Å²) in [7, 11) is -0.564. The van der Waals surface area contributed by atoms with E-state index in [1.807, 2.05) is 0 Å². The molecule has 0 spiro atoms. The van der Waals surface area contributed by atoms with Crippen LogP contribution in [0.1, 0.15) is 25.3 Å². The first kappa shape index (κ1) is 14.2. The molecule has 3 heteroatoms. The topological polar surface area (TPSA) is 9.86 Å². The number of unbranched alkanes of at least 4 members (excludes halogenated alkanes) is 1. The van der Waals surface area contributed by atoms with Gasteiger partial charge in [0.1, 0.15) is 8.22 Å². The second-order valence-electron chi connectivity index (χ2n) is 5.19. The van der Waals surface area contributed by atoms with Crippen LogP contribution < -0.4 is 5.30 Å². The monoisotopic (exact) mass is 296 g/mol. The third-order valence-electron chi connectivity index (χ3n) is 3.60. The molecule has 0 saturated heterocycles. The summed E-state index contributed by atoms with van der Waals surface area (Å²) in [5.74, 6) is 0. The van der Waals surface area contributed by atoms with Crippen LogP contribution in [-0.4, -0.2) is 8.68 Å². The summed E-state index contributed by atoms with van der Waals surface area (Å²) in [5.41, 5.74) is 1.44. The highest BCUT2D eigenvalue weighted by Gasteiger charge is 2.14. The Kier molecular flexibility index (Phi) is 4.57. The van der Waals surface area contributed by atoms with Gasteiger partial charge in [-0.1, -0.05) is 37.6 Å². The predicted molar refractivity (Wildman–Crippen MR) is 91.3 cm³/mol. The summed E-state index contributed by atoms with van der Waals surface area (Å²) in [6.07, 6.45) is 12.3. The molecular formula is C18H21N2P. The summed E-state index contributed by atoms with van der Waals surface area (Å²) in [6, 6.07) is 17.5. The van der Waals surface area contributed by atoms with E-state index in [0.717, 1.165) is 0 Å². The van der Waals surface area contributed by atoms with E-state index in [1.165, 1.54) is 30.1 Å². The molecule has 0 atom stereocenters. The van der Waals surface area contributed by atoms with E-state index < -0.39 is 8.22 Å². The molecule has 3 aromatic rings. The normalized spacial score (nSPS) is 11.1. The summed E-state index contributed by atoms with van der Waals surface area (Å²) in [4.78, 5) is 0. The first-order valence-electron chi connectivity index (χ1n) is 7.54. The maximum absolute atomic E-state index is 2.30. The Balaban J connectivity index is 1.90. The lowest BCUT2D eigenvalue weighted by Gasteiger charge is -2.21. The van der Waals surface area contributed by atoms with E-state index in [9.17, 15) is 0 Å². The molecule has 0 amide bonds. The van der Waals surface area contributed by atoms with Gasteiger partial charge in [-0.05, 0) is 42.7 Å². The van der Waals surface area contributed by atoms with Crippen LogP contribution in [0.3, 0.4) is 0 Å². The average Bonchev–Trinajstić information content (AvgIpc) is 3.21. The molecule has 0 aliphatic rings. The zero-order chi connectivity index (χ0) is 14.5. The average molecular weight is 296 g/mol. The Morgan fingerprint density at radius 1 is 0.810 bits per heavy atom. The second kappa shape index (κ2) is 6.78. The van der Waals surface area contributed by atoms with Gasteiger partial charge in [-0.25, -0.2) is 0 Å². The molecule has 0 aliphatic heterocycles. The van der Waals surface area contributed by atoms with Crippen molar-refractivity contribution in [3.05, 3.63) is 78.9 Å². The highest BCUT2D eigenvalue weighted by Crippen LogP contribution is 2.38. The van der Waals surface area contributed by atoms with Crippen molar-refractivity contribution in [3.8, 4) is 0 Å². The van der Waals surface area contributed by atoms with Crippen LogP contribution in [-0.2, 0) is 6.42 Å². The van der Waals surface area contributed by atoms with Gasteiger partial charge >= 0.3 is 0 Å². The lowest BCUT2D eigenvalue weighted by atomic mass is 10.1. The number of nitrogens with zero attached hydrogens (tertiary/aromatic N) is 2. The van der Waals surface area contributed by atoms with Crippen molar-refractivity contribution in [2.24, 2.45) is 0 Å². The number of aromatic nitrogens is 2. The maximum Gasteiger partial charge on any atom is 0.136 e. The Labute approximate surface area is 127 Å². The Bertz CT molecular complexity index is 605. The number of hydrogen-bond donors (Lipinski definition) is 0. The molecule has 0 N–H and O–H groups in total. The zero-order valence-corrected chi connectivity index (χ0v) is 13.3. The third-order valence-corrected chi connectivity index (χ3v) is 5.77. The molecule has 0 aliphatic carbocycles. The van der Waals surface area contributed by atoms with Crippen molar-refractivity contribution in [1.29, 1.82) is 0 Å². The fraction of sp³-hybridized carbons (Fsp3) is 0.222. The molecule has 2 aromatic heterocycles. The van der Waals surface area contributed by atoms with Gasteiger partial charge < -0.3 is 8.68 Å². The molecular weight excluding hydrogens is 275 g/mol. The largest absolute Gasteiger partial charge is 0.312 e. The first-order chi connectivity index (χ1) is 10.4. The minimum Gasteiger partial charge on any atom is -0.312 e. The van der Waals surface area contributed by atoms with Crippen molar-refractivity contribution < 1.29 is 0 Å². The van der Waals surface area contributed by atoms with Crippen molar-refractivity contribution in [2.75, 3.05) is 0 Å². The Hall–Kier alpha value is -1.79. The standard InChI is InChI=1S/C18H21N2P/c1-2-3-8-17-9-11-18(12-10-17)21(19-13-4-5-14-19)20-15-6-7-16-20/h4-7,9-16H,2-3,8H2,1H3. The van der Waals surface area contributed by atoms with Crippen LogP contribution in [0.5, 0.6) is 0 Å². The summed E-state index contributed by atoms with van der Waals surface area (Å²) in [6.45, 7) is 2.24. The van der Waals surface area contributed by atoms with Gasteiger partial charge in [-0.3, -0.25) is 0 Å². The smallest absolute Gasteiger partial charge is 0.136 e. The fourth-order valence-electron chi connectivity index (χ4n) is 2.47. The van der Waals surface area contributed by atoms with E-state index in [2.05, 4.69) is 88.9 Å². The molecule has 3 rings (SSSR count). The summed E-state index contributed by atoms with van der Waals surface area (Å²) < 4.78 is 4.60. The van der Waals surface area contributed by atoms with Crippen molar-refractivity contribution in [2.45, 2.75) is 26.2 Å². The molecule has 21 heavy (non-hydrogen) atoms. The minimum atomic E-state index is -0.564. The van der Waals surface area contributed by atoms with Crippen molar-refractivity contribution in [3.63, 3.8) is 0 Å². The first-order valence-corrected chi connectivity index (χ1v) is 8.79. The van der Waals surface area contributed by atoms with Gasteiger partial charge in [0.25, 0.3) is 0 Å². The highest BCUT2D eigenvalue weighted by molar-refractivity contribution is 7.62. The molecule has 0 unspecified atom stereocenters. The molecule has 0 fully saturated rings. The van der Waals surface area contributed by atoms with Gasteiger partial charge in [0.05, 0.1) is 0 Å². The number of rotatable bonds is 6. The summed E-state index contributed by atoms with van der Waals surface area (Å²) >= 11 is 0. The van der Waals surface area contributed by atoms with E-state index in [1.54, 1.807) is 0 Å². The predicted octanol–water partition coefficient (Wildman–Crippen LogP) is 4.67. The molecule has 2 nitrogen and oxygen atoms in total. The van der Waals surface area contributed by atoms with Gasteiger partial charge in [0.15, 0.2) is 0 Å². The zero-order valence-electron chi connectivity index (χ0n) is 12.4. The Morgan fingerprint density at radius 2 is 1.33 bits per heavy atom. The molecule has 0 radical (unpaired) electrons. The SMILES string of the molecule is CCCCc1ccc(P(n2cccc2)n2cccc2)cc1. The van der Waals surface area contributed by atoms with Gasteiger partial charge in [0, 0.05) is 30.1 Å². The number of aryl methyl sites for hydroxylation is 1. The second-order valence-corrected chi connectivity index (χ2v) is 7.20. The van der Waals surface area contributed by atoms with Gasteiger partial charge in [0.2, 0.25) is 0 Å². The van der Waals surface area contributed by atoms with Crippen LogP contribution in [0.15, 0.2) is 73.3 Å². The number of benzene rings is 1. The van der Waals surface area contributed by atoms with Crippen LogP contribution in [0.4, 0.5) is 0 Å². The maximum atomic E-state index is 2.30. The third kappa shape index (κ3) is 3.28. The van der Waals surface area contributed by atoms with E-state index >= 15 is 0 Å². The van der Waals surface area contributed by atoms with Crippen molar-refractivity contribution >= 4 is 13.5 Å². The summed E-state index contributed by atoms with van der Waals surface area (Å²) in [5, 5.41) is 1.37. The number of hydrogen-bond acceptors (Lipinski definition) is 0. The quantitative estimate of drug-likeness (QED) is 0.585. The molecule has 108 valence electrons. The van der Waals surface area contributed by atoms with Crippen LogP contribution in [0.2, 0.25) is 0 Å². The van der Waals surface area contributed by atoms with E-state index in [-0.39, 0.29) is 0 Å². The van der Waals surface area contributed by atoms with Crippen LogP contribution in [0.25, 0.3) is 0 Å². The van der Waals surface area contributed by atoms with Gasteiger partial charge in [-0.15, -0.1) is 0 Å². The van der Waals surface area contributed by atoms with Crippen LogP contribution in [0, 0.1) is 0 Å². The highest BCUT2D eigenvalue weighted by atomic mass is 31.1. The minimum absolute atomic E-state index is 0.564. The van der Waals surface area contributed by atoms with Crippen molar-refractivity contribution in [1.82, 2.24) is 8.68 Å². The lowest BCUT2D eigenvalue weighted by Crippen LogP contribution is -2.11.